The molecule has 0 radical (unpaired) electrons. The van der Waals surface area contributed by atoms with E-state index in [0.29, 0.717) is 43.6 Å². The van der Waals surface area contributed by atoms with Crippen LogP contribution in [0.4, 0.5) is 0 Å². The Morgan fingerprint density at radius 1 is 0.907 bits per heavy atom. The van der Waals surface area contributed by atoms with Gasteiger partial charge in [-0.1, -0.05) is 51.2 Å². The van der Waals surface area contributed by atoms with Crippen LogP contribution in [0.25, 0.3) is 0 Å². The molecule has 0 saturated heterocycles. The van der Waals surface area contributed by atoms with Crippen molar-refractivity contribution < 1.29 is 38.1 Å². The van der Waals surface area contributed by atoms with E-state index >= 15 is 0 Å². The van der Waals surface area contributed by atoms with E-state index < -0.39 is 51.8 Å². The fourth-order valence-electron chi connectivity index (χ4n) is 6.15. The SMILES string of the molecule is C=CC1CC1(C(=O)OC(=C)CC(C)CC)C(=O)OC1(C)CCC=C(OC(=O)C2(C(=O)OC3(C)CC=CCC3)CC2C=C)C1. The summed E-state index contributed by atoms with van der Waals surface area (Å²) in [7, 11) is 0. The summed E-state index contributed by atoms with van der Waals surface area (Å²) in [6.07, 6.45) is 14.1. The maximum absolute atomic E-state index is 13.6. The Balaban J connectivity index is 1.41. The van der Waals surface area contributed by atoms with Crippen molar-refractivity contribution in [2.75, 3.05) is 0 Å². The third-order valence-electron chi connectivity index (χ3n) is 9.62. The molecular formula is C35H46O8. The maximum Gasteiger partial charge on any atom is 0.329 e. The number of ether oxygens (including phenoxy) is 4. The van der Waals surface area contributed by atoms with Crippen molar-refractivity contribution in [3.63, 3.8) is 0 Å². The minimum atomic E-state index is -1.47. The van der Waals surface area contributed by atoms with E-state index in [9.17, 15) is 19.2 Å². The van der Waals surface area contributed by atoms with Crippen molar-refractivity contribution >= 4 is 23.9 Å². The van der Waals surface area contributed by atoms with Crippen molar-refractivity contribution in [2.45, 2.75) is 103 Å². The molecule has 0 aliphatic heterocycles. The number of hydrogen-bond acceptors (Lipinski definition) is 8. The Morgan fingerprint density at radius 2 is 1.49 bits per heavy atom. The molecule has 4 aliphatic carbocycles. The van der Waals surface area contributed by atoms with E-state index in [4.69, 9.17) is 18.9 Å². The standard InChI is InChI=1S/C35H46O8/c1-8-23(4)19-24(5)40-28(36)34(20-25(34)9-2)31(39)43-33(7)18-14-15-27(22-33)41-29(37)35(21-26(35)10-3)30(38)42-32(6)16-12-11-13-17-32/h9-12,15,23,25-26H,2-3,5,8,13-14,16-22H2,1,4,6-7H3. The normalized spacial score (nSPS) is 34.9. The molecule has 0 N–H and O–H groups in total. The molecule has 8 nitrogen and oxygen atoms in total. The third kappa shape index (κ3) is 6.58. The molecule has 4 aliphatic rings. The van der Waals surface area contributed by atoms with Gasteiger partial charge in [-0.15, -0.1) is 13.2 Å². The fourth-order valence-corrected chi connectivity index (χ4v) is 6.15. The molecule has 234 valence electrons. The zero-order valence-electron chi connectivity index (χ0n) is 26.1. The van der Waals surface area contributed by atoms with Crippen molar-refractivity contribution in [1.82, 2.24) is 0 Å². The summed E-state index contributed by atoms with van der Waals surface area (Å²) in [5.41, 5.74) is -4.61. The molecular weight excluding hydrogens is 548 g/mol. The van der Waals surface area contributed by atoms with Crippen LogP contribution in [-0.4, -0.2) is 35.1 Å². The van der Waals surface area contributed by atoms with Crippen LogP contribution in [-0.2, 0) is 38.1 Å². The Labute approximate surface area is 255 Å². The molecule has 0 spiro atoms. The van der Waals surface area contributed by atoms with Crippen LogP contribution in [0.5, 0.6) is 0 Å². The highest BCUT2D eigenvalue weighted by atomic mass is 16.6. The number of hydrogen-bond donors (Lipinski definition) is 0. The van der Waals surface area contributed by atoms with Gasteiger partial charge < -0.3 is 18.9 Å². The predicted octanol–water partition coefficient (Wildman–Crippen LogP) is 6.82. The summed E-state index contributed by atoms with van der Waals surface area (Å²) in [5.74, 6) is -2.49. The summed E-state index contributed by atoms with van der Waals surface area (Å²) in [6, 6.07) is 0. The Morgan fingerprint density at radius 3 is 2.02 bits per heavy atom. The topological polar surface area (TPSA) is 105 Å². The van der Waals surface area contributed by atoms with Gasteiger partial charge in [-0.3, -0.25) is 19.2 Å². The molecule has 7 atom stereocenters. The molecule has 0 bridgehead atoms. The van der Waals surface area contributed by atoms with Gasteiger partial charge in [0.05, 0.1) is 0 Å². The second-order valence-electron chi connectivity index (χ2n) is 13.3. The molecule has 2 fully saturated rings. The van der Waals surface area contributed by atoms with Crippen LogP contribution < -0.4 is 0 Å². The van der Waals surface area contributed by atoms with Gasteiger partial charge in [0, 0.05) is 31.1 Å². The van der Waals surface area contributed by atoms with E-state index in [1.165, 1.54) is 0 Å². The average molecular weight is 595 g/mol. The lowest BCUT2D eigenvalue weighted by molar-refractivity contribution is -0.175. The Kier molecular flexibility index (Phi) is 9.29. The van der Waals surface area contributed by atoms with Crippen LogP contribution in [0.2, 0.25) is 0 Å². The zero-order chi connectivity index (χ0) is 31.6. The molecule has 0 aromatic heterocycles. The second kappa shape index (κ2) is 12.3. The highest BCUT2D eigenvalue weighted by Crippen LogP contribution is 2.58. The monoisotopic (exact) mass is 594 g/mol. The van der Waals surface area contributed by atoms with Gasteiger partial charge in [0.25, 0.3) is 0 Å². The first-order valence-corrected chi connectivity index (χ1v) is 15.5. The number of rotatable bonds is 13. The summed E-state index contributed by atoms with van der Waals surface area (Å²) in [5, 5.41) is 0. The van der Waals surface area contributed by atoms with Gasteiger partial charge in [0.1, 0.15) is 22.7 Å². The first-order valence-electron chi connectivity index (χ1n) is 15.5. The number of carbonyl (C=O) groups excluding carboxylic acids is 4. The first-order chi connectivity index (χ1) is 20.3. The highest BCUT2D eigenvalue weighted by molar-refractivity contribution is 6.05. The van der Waals surface area contributed by atoms with E-state index in [2.05, 4.69) is 25.8 Å². The van der Waals surface area contributed by atoms with Gasteiger partial charge in [-0.25, -0.2) is 0 Å². The fraction of sp³-hybridized carbons (Fsp3) is 0.600. The van der Waals surface area contributed by atoms with E-state index in [-0.39, 0.29) is 31.1 Å². The van der Waals surface area contributed by atoms with Gasteiger partial charge in [-0.2, -0.15) is 0 Å². The highest BCUT2D eigenvalue weighted by Gasteiger charge is 2.69. The lowest BCUT2D eigenvalue weighted by Gasteiger charge is -2.35. The van der Waals surface area contributed by atoms with Gasteiger partial charge >= 0.3 is 23.9 Å². The Bertz CT molecular complexity index is 1260. The number of carbonyl (C=O) groups is 4. The lowest BCUT2D eigenvalue weighted by Crippen LogP contribution is -2.42. The van der Waals surface area contributed by atoms with Gasteiger partial charge in [0.15, 0.2) is 10.8 Å². The van der Waals surface area contributed by atoms with Crippen LogP contribution >= 0.6 is 0 Å². The molecule has 0 aromatic rings. The Hall–Kier alpha value is -3.42. The largest absolute Gasteiger partial charge is 0.458 e. The second-order valence-corrected chi connectivity index (χ2v) is 13.3. The number of allylic oxidation sites excluding steroid dienone is 5. The zero-order valence-corrected chi connectivity index (χ0v) is 26.1. The lowest BCUT2D eigenvalue weighted by atomic mass is 9.89. The average Bonchev–Trinajstić information content (AvgIpc) is 3.86. The van der Waals surface area contributed by atoms with Crippen LogP contribution in [0.15, 0.2) is 61.6 Å². The van der Waals surface area contributed by atoms with Crippen LogP contribution in [0.1, 0.15) is 91.9 Å². The molecule has 7 unspecified atom stereocenters. The molecule has 0 heterocycles. The minimum absolute atomic E-state index is 0.113. The van der Waals surface area contributed by atoms with E-state index in [1.54, 1.807) is 25.2 Å². The van der Waals surface area contributed by atoms with Crippen molar-refractivity contribution in [3.05, 3.63) is 61.6 Å². The van der Waals surface area contributed by atoms with Gasteiger partial charge in [-0.05, 0) is 64.4 Å². The summed E-state index contributed by atoms with van der Waals surface area (Å²) >= 11 is 0. The summed E-state index contributed by atoms with van der Waals surface area (Å²) < 4.78 is 23.2. The van der Waals surface area contributed by atoms with Crippen molar-refractivity contribution in [1.29, 1.82) is 0 Å². The first kappa shape index (κ1) is 32.5. The van der Waals surface area contributed by atoms with Crippen molar-refractivity contribution in [2.24, 2.45) is 28.6 Å². The molecule has 0 amide bonds. The molecule has 4 rings (SSSR count). The van der Waals surface area contributed by atoms with E-state index in [0.717, 1.165) is 12.8 Å². The van der Waals surface area contributed by atoms with Crippen LogP contribution in [0, 0.1) is 28.6 Å². The third-order valence-corrected chi connectivity index (χ3v) is 9.62. The molecule has 43 heavy (non-hydrogen) atoms. The summed E-state index contributed by atoms with van der Waals surface area (Å²) in [6.45, 7) is 19.1. The quantitative estimate of drug-likeness (QED) is 0.0752. The van der Waals surface area contributed by atoms with Crippen LogP contribution in [0.3, 0.4) is 0 Å². The van der Waals surface area contributed by atoms with E-state index in [1.807, 2.05) is 26.8 Å². The smallest absolute Gasteiger partial charge is 0.329 e. The maximum atomic E-state index is 13.6. The summed E-state index contributed by atoms with van der Waals surface area (Å²) in [4.78, 5) is 53.7. The molecule has 8 heteroatoms. The van der Waals surface area contributed by atoms with Crippen molar-refractivity contribution in [3.8, 4) is 0 Å². The van der Waals surface area contributed by atoms with Gasteiger partial charge in [0.2, 0.25) is 0 Å². The minimum Gasteiger partial charge on any atom is -0.458 e. The predicted molar refractivity (Wildman–Crippen MR) is 161 cm³/mol. The number of esters is 4. The molecule has 2 saturated carbocycles. The molecule has 0 aromatic carbocycles.